The molecule has 22 heavy (non-hydrogen) atoms. The Balaban J connectivity index is 0.00000176. The zero-order valence-electron chi connectivity index (χ0n) is 11.7. The number of nitrogens with one attached hydrogen (secondary N) is 1. The Kier molecular flexibility index (Phi) is 5.14. The van der Waals surface area contributed by atoms with E-state index < -0.39 is 10.9 Å². The third-order valence-corrected chi connectivity index (χ3v) is 3.26. The molecule has 7 heteroatoms. The molecular formula is C15H9KN2O4. The molecule has 1 aromatic heterocycles. The van der Waals surface area contributed by atoms with Crippen molar-refractivity contribution >= 4 is 22.6 Å². The fraction of sp³-hybridized carbons (Fsp3) is 0. The first-order valence-corrected chi connectivity index (χ1v) is 6.15. The topological polar surface area (TPSA) is 99.1 Å². The molecule has 0 saturated carbocycles. The average molecular weight is 320 g/mol. The molecule has 3 rings (SSSR count). The normalized spacial score (nSPS) is 10.2. The number of nitrogens with zero attached hydrogens (tertiary/aromatic N) is 1. The van der Waals surface area contributed by atoms with Gasteiger partial charge in [-0.2, -0.15) is 0 Å². The molecule has 0 fully saturated rings. The summed E-state index contributed by atoms with van der Waals surface area (Å²) in [5.41, 5.74) is 1.39. The van der Waals surface area contributed by atoms with E-state index in [4.69, 9.17) is 0 Å². The van der Waals surface area contributed by atoms with E-state index in [2.05, 4.69) is 4.98 Å². The second kappa shape index (κ2) is 6.72. The summed E-state index contributed by atoms with van der Waals surface area (Å²) >= 11 is 0. The molecule has 1 heterocycles. The molecule has 0 aliphatic rings. The van der Waals surface area contributed by atoms with Gasteiger partial charge >= 0.3 is 51.4 Å². The minimum Gasteiger partial charge on any atom is -0.543 e. The van der Waals surface area contributed by atoms with Crippen molar-refractivity contribution < 1.29 is 66.2 Å². The number of carbonyl (C=O) groups excluding carboxylic acids is 1. The Bertz CT molecular complexity index is 859. The SMILES string of the molecule is O=C([O-])c1[nH]c2ccc([N+](=O)[O-])cc2c1-c1ccccc1.[K+]. The number of hydrogen-bond donors (Lipinski definition) is 1. The van der Waals surface area contributed by atoms with Gasteiger partial charge in [-0.15, -0.1) is 0 Å². The van der Waals surface area contributed by atoms with Crippen LogP contribution in [-0.2, 0) is 0 Å². The van der Waals surface area contributed by atoms with Gasteiger partial charge in [-0.25, -0.2) is 0 Å². The van der Waals surface area contributed by atoms with Crippen LogP contribution in [0.2, 0.25) is 0 Å². The first-order valence-electron chi connectivity index (χ1n) is 6.15. The van der Waals surface area contributed by atoms with Crippen molar-refractivity contribution in [1.82, 2.24) is 4.98 Å². The van der Waals surface area contributed by atoms with Gasteiger partial charge in [0.1, 0.15) is 0 Å². The number of H-pyrrole nitrogens is 1. The summed E-state index contributed by atoms with van der Waals surface area (Å²) in [4.78, 5) is 24.4. The average Bonchev–Trinajstić information content (AvgIpc) is 2.86. The molecule has 0 spiro atoms. The van der Waals surface area contributed by atoms with Crippen molar-refractivity contribution in [3.8, 4) is 11.1 Å². The first-order chi connectivity index (χ1) is 10.1. The maximum Gasteiger partial charge on any atom is 1.00 e. The molecule has 3 aromatic rings. The molecule has 0 atom stereocenters. The zero-order chi connectivity index (χ0) is 15.0. The third-order valence-electron chi connectivity index (χ3n) is 3.26. The van der Waals surface area contributed by atoms with Gasteiger partial charge in [-0.1, -0.05) is 30.3 Å². The number of fused-ring (bicyclic) bond motifs is 1. The number of aromatic amines is 1. The maximum absolute atomic E-state index is 11.3. The summed E-state index contributed by atoms with van der Waals surface area (Å²) in [7, 11) is 0. The largest absolute Gasteiger partial charge is 1.00 e. The Labute approximate surface area is 167 Å². The second-order valence-electron chi connectivity index (χ2n) is 4.52. The molecule has 0 aliphatic carbocycles. The summed E-state index contributed by atoms with van der Waals surface area (Å²) in [6.07, 6.45) is 0. The number of non-ortho nitro benzene ring substituents is 1. The maximum atomic E-state index is 11.3. The smallest absolute Gasteiger partial charge is 0.543 e. The van der Waals surface area contributed by atoms with Crippen LogP contribution in [0.1, 0.15) is 10.5 Å². The van der Waals surface area contributed by atoms with E-state index in [1.165, 1.54) is 18.2 Å². The predicted molar refractivity (Wildman–Crippen MR) is 74.7 cm³/mol. The number of carboxylic acid groups (broad SMARTS) is 1. The van der Waals surface area contributed by atoms with Crippen LogP contribution in [0, 0.1) is 10.1 Å². The molecule has 0 radical (unpaired) electrons. The minimum absolute atomic E-state index is 0. The molecule has 0 aliphatic heterocycles. The van der Waals surface area contributed by atoms with Gasteiger partial charge in [0.25, 0.3) is 5.69 Å². The van der Waals surface area contributed by atoms with Crippen molar-refractivity contribution in [2.75, 3.05) is 0 Å². The van der Waals surface area contributed by atoms with Crippen molar-refractivity contribution in [3.63, 3.8) is 0 Å². The molecule has 104 valence electrons. The van der Waals surface area contributed by atoms with Crippen LogP contribution >= 0.6 is 0 Å². The number of carboxylic acids is 1. The van der Waals surface area contributed by atoms with Gasteiger partial charge in [0.2, 0.25) is 0 Å². The second-order valence-corrected chi connectivity index (χ2v) is 4.52. The number of aromatic carboxylic acids is 1. The van der Waals surface area contributed by atoms with E-state index in [-0.39, 0.29) is 62.8 Å². The molecule has 2 aromatic carbocycles. The van der Waals surface area contributed by atoms with Crippen molar-refractivity contribution in [2.45, 2.75) is 0 Å². The van der Waals surface area contributed by atoms with Crippen LogP contribution in [-0.4, -0.2) is 15.9 Å². The zero-order valence-corrected chi connectivity index (χ0v) is 14.8. The van der Waals surface area contributed by atoms with Crippen LogP contribution in [0.15, 0.2) is 48.5 Å². The van der Waals surface area contributed by atoms with Crippen molar-refractivity contribution in [3.05, 3.63) is 64.3 Å². The Hall–Kier alpha value is -1.51. The number of nitro benzene ring substituents is 1. The van der Waals surface area contributed by atoms with Gasteiger partial charge in [-0.05, 0) is 11.6 Å². The van der Waals surface area contributed by atoms with Crippen molar-refractivity contribution in [1.29, 1.82) is 0 Å². The van der Waals surface area contributed by atoms with Crippen LogP contribution in [0.5, 0.6) is 0 Å². The first kappa shape index (κ1) is 16.9. The predicted octanol–water partition coefficient (Wildman–Crippen LogP) is -0.889. The molecule has 0 bridgehead atoms. The summed E-state index contributed by atoms with van der Waals surface area (Å²) in [6.45, 7) is 0. The summed E-state index contributed by atoms with van der Waals surface area (Å²) in [5.74, 6) is -1.35. The van der Waals surface area contributed by atoms with Gasteiger partial charge in [-0.3, -0.25) is 10.1 Å². The van der Waals surface area contributed by atoms with Crippen LogP contribution in [0.4, 0.5) is 5.69 Å². The summed E-state index contributed by atoms with van der Waals surface area (Å²) < 4.78 is 0. The Morgan fingerprint density at radius 3 is 2.36 bits per heavy atom. The van der Waals surface area contributed by atoms with E-state index >= 15 is 0 Å². The molecule has 6 nitrogen and oxygen atoms in total. The van der Waals surface area contributed by atoms with E-state index in [1.54, 1.807) is 30.3 Å². The molecular weight excluding hydrogens is 311 g/mol. The number of rotatable bonds is 3. The van der Waals surface area contributed by atoms with Crippen LogP contribution in [0.3, 0.4) is 0 Å². The Morgan fingerprint density at radius 1 is 1.09 bits per heavy atom. The quantitative estimate of drug-likeness (QED) is 0.384. The van der Waals surface area contributed by atoms with E-state index in [0.29, 0.717) is 22.0 Å². The van der Waals surface area contributed by atoms with Gasteiger partial charge in [0.15, 0.2) is 0 Å². The summed E-state index contributed by atoms with van der Waals surface area (Å²) in [6, 6.07) is 13.0. The molecule has 0 unspecified atom stereocenters. The third kappa shape index (κ3) is 2.99. The van der Waals surface area contributed by atoms with Crippen LogP contribution < -0.4 is 56.5 Å². The fourth-order valence-corrected chi connectivity index (χ4v) is 2.35. The Morgan fingerprint density at radius 2 is 1.77 bits per heavy atom. The monoisotopic (exact) mass is 320 g/mol. The van der Waals surface area contributed by atoms with E-state index in [1.807, 2.05) is 0 Å². The standard InChI is InChI=1S/C15H10N2O4.K/c18-15(19)14-13(9-4-2-1-3-5-9)11-8-10(17(20)21)6-7-12(11)16-14;/h1-8,16H,(H,18,19);/q;+1/p-1. The van der Waals surface area contributed by atoms with Gasteiger partial charge in [0, 0.05) is 28.6 Å². The number of nitro groups is 1. The van der Waals surface area contributed by atoms with Crippen LogP contribution in [0.25, 0.3) is 22.0 Å². The number of carbonyl (C=O) groups is 1. The number of aromatic nitrogens is 1. The van der Waals surface area contributed by atoms with Crippen molar-refractivity contribution in [2.24, 2.45) is 0 Å². The van der Waals surface area contributed by atoms with E-state index in [9.17, 15) is 20.0 Å². The number of benzene rings is 2. The molecule has 0 saturated heterocycles. The summed E-state index contributed by atoms with van der Waals surface area (Å²) in [5, 5.41) is 22.7. The van der Waals surface area contributed by atoms with Gasteiger partial charge < -0.3 is 14.9 Å². The molecule has 1 N–H and O–H groups in total. The molecule has 0 amide bonds. The minimum atomic E-state index is -1.35. The van der Waals surface area contributed by atoms with E-state index in [0.717, 1.165) is 0 Å². The fourth-order valence-electron chi connectivity index (χ4n) is 2.35. The number of hydrogen-bond acceptors (Lipinski definition) is 4. The van der Waals surface area contributed by atoms with Gasteiger partial charge in [0.05, 0.1) is 16.6 Å².